The summed E-state index contributed by atoms with van der Waals surface area (Å²) in [6.07, 6.45) is 4.87. The van der Waals surface area contributed by atoms with Crippen LogP contribution in [0.1, 0.15) is 39.2 Å². The van der Waals surface area contributed by atoms with Gasteiger partial charge < -0.3 is 10.0 Å². The summed E-state index contributed by atoms with van der Waals surface area (Å²) in [6, 6.07) is 1.99. The van der Waals surface area contributed by atoms with E-state index in [0.717, 1.165) is 5.82 Å². The third kappa shape index (κ3) is 2.40. The first kappa shape index (κ1) is 13.4. The van der Waals surface area contributed by atoms with E-state index in [4.69, 9.17) is 0 Å². The van der Waals surface area contributed by atoms with Gasteiger partial charge in [-0.05, 0) is 32.1 Å². The number of aromatic nitrogens is 2. The van der Waals surface area contributed by atoms with E-state index < -0.39 is 5.60 Å². The fourth-order valence-electron chi connectivity index (χ4n) is 2.74. The smallest absolute Gasteiger partial charge is 0.323 e. The molecular weight excluding hydrogens is 256 g/mol. The summed E-state index contributed by atoms with van der Waals surface area (Å²) in [6.45, 7) is 4.88. The fourth-order valence-corrected chi connectivity index (χ4v) is 2.74. The standard InChI is InChI=1S/C14H22N4O2/c1-3-14(20)8-17(9-14)13(19)16-12-6-7-15-18(12)10(2)11-4-5-11/h6-7,10-11,20H,3-5,8-9H2,1-2H3,(H,16,19). The molecule has 2 fully saturated rings. The molecule has 0 radical (unpaired) electrons. The van der Waals surface area contributed by atoms with E-state index in [1.54, 1.807) is 11.1 Å². The number of carbonyl (C=O) groups excluding carboxylic acids is 1. The molecule has 3 rings (SSSR count). The van der Waals surface area contributed by atoms with Crippen molar-refractivity contribution in [3.8, 4) is 0 Å². The Morgan fingerprint density at radius 1 is 1.60 bits per heavy atom. The van der Waals surface area contributed by atoms with Crippen LogP contribution >= 0.6 is 0 Å². The van der Waals surface area contributed by atoms with Gasteiger partial charge in [0, 0.05) is 6.07 Å². The van der Waals surface area contributed by atoms with E-state index in [9.17, 15) is 9.90 Å². The molecule has 2 heterocycles. The zero-order chi connectivity index (χ0) is 14.3. The number of carbonyl (C=O) groups is 1. The van der Waals surface area contributed by atoms with Gasteiger partial charge in [-0.15, -0.1) is 0 Å². The number of nitrogens with zero attached hydrogens (tertiary/aromatic N) is 3. The molecule has 1 aromatic rings. The molecule has 1 aliphatic carbocycles. The molecule has 6 heteroatoms. The molecule has 1 unspecified atom stereocenters. The Bertz CT molecular complexity index is 503. The molecule has 1 atom stereocenters. The van der Waals surface area contributed by atoms with Gasteiger partial charge in [0.05, 0.1) is 30.9 Å². The third-order valence-corrected chi connectivity index (χ3v) is 4.51. The summed E-state index contributed by atoms with van der Waals surface area (Å²) < 4.78 is 1.89. The molecule has 1 aromatic heterocycles. The molecule has 1 saturated heterocycles. The number of amides is 2. The van der Waals surface area contributed by atoms with Gasteiger partial charge in [-0.3, -0.25) is 5.32 Å². The van der Waals surface area contributed by atoms with Crippen molar-refractivity contribution in [2.24, 2.45) is 5.92 Å². The number of nitrogens with one attached hydrogen (secondary N) is 1. The van der Waals surface area contributed by atoms with Crippen LogP contribution < -0.4 is 5.32 Å². The molecule has 2 N–H and O–H groups in total. The topological polar surface area (TPSA) is 70.4 Å². The molecule has 0 aromatic carbocycles. The summed E-state index contributed by atoms with van der Waals surface area (Å²) >= 11 is 0. The predicted octanol–water partition coefficient (Wildman–Crippen LogP) is 1.84. The molecule has 0 spiro atoms. The largest absolute Gasteiger partial charge is 0.386 e. The number of hydrogen-bond acceptors (Lipinski definition) is 3. The third-order valence-electron chi connectivity index (χ3n) is 4.51. The van der Waals surface area contributed by atoms with Crippen LogP contribution in [0.3, 0.4) is 0 Å². The Hall–Kier alpha value is -1.56. The van der Waals surface area contributed by atoms with E-state index >= 15 is 0 Å². The van der Waals surface area contributed by atoms with E-state index in [1.165, 1.54) is 12.8 Å². The van der Waals surface area contributed by atoms with Gasteiger partial charge in [0.15, 0.2) is 0 Å². The number of likely N-dealkylation sites (tertiary alicyclic amines) is 1. The van der Waals surface area contributed by atoms with Crippen molar-refractivity contribution in [2.45, 2.75) is 44.8 Å². The lowest BCUT2D eigenvalue weighted by molar-refractivity contribution is -0.0755. The highest BCUT2D eigenvalue weighted by molar-refractivity contribution is 5.89. The second-order valence-corrected chi connectivity index (χ2v) is 6.10. The maximum Gasteiger partial charge on any atom is 0.323 e. The first-order valence-electron chi connectivity index (χ1n) is 7.34. The number of hydrogen-bond donors (Lipinski definition) is 2. The molecule has 6 nitrogen and oxygen atoms in total. The number of β-amino-alcohol motifs (C(OH)–C–C–N with tert-alkyl or cyclic N) is 1. The van der Waals surface area contributed by atoms with Crippen LogP contribution in [0.5, 0.6) is 0 Å². The minimum absolute atomic E-state index is 0.159. The van der Waals surface area contributed by atoms with Gasteiger partial charge in [-0.25, -0.2) is 9.48 Å². The number of aliphatic hydroxyl groups is 1. The molecule has 2 amide bonds. The summed E-state index contributed by atoms with van der Waals surface area (Å²) in [5.41, 5.74) is -0.696. The maximum absolute atomic E-state index is 12.1. The molecule has 1 saturated carbocycles. The van der Waals surface area contributed by atoms with E-state index in [0.29, 0.717) is 31.5 Å². The Kier molecular flexibility index (Phi) is 3.20. The Morgan fingerprint density at radius 2 is 2.30 bits per heavy atom. The van der Waals surface area contributed by atoms with Crippen LogP contribution in [0, 0.1) is 5.92 Å². The Balaban J connectivity index is 1.61. The zero-order valence-corrected chi connectivity index (χ0v) is 12.0. The zero-order valence-electron chi connectivity index (χ0n) is 12.0. The van der Waals surface area contributed by atoms with Crippen LogP contribution in [0.25, 0.3) is 0 Å². The first-order chi connectivity index (χ1) is 9.52. The van der Waals surface area contributed by atoms with Crippen LogP contribution in [0.4, 0.5) is 10.6 Å². The highest BCUT2D eigenvalue weighted by Gasteiger charge is 2.42. The lowest BCUT2D eigenvalue weighted by Gasteiger charge is -2.45. The van der Waals surface area contributed by atoms with Gasteiger partial charge in [-0.1, -0.05) is 6.92 Å². The summed E-state index contributed by atoms with van der Waals surface area (Å²) in [5.74, 6) is 1.42. The van der Waals surface area contributed by atoms with Gasteiger partial charge in [0.2, 0.25) is 0 Å². The summed E-state index contributed by atoms with van der Waals surface area (Å²) in [4.78, 5) is 13.7. The Morgan fingerprint density at radius 3 is 2.90 bits per heavy atom. The van der Waals surface area contributed by atoms with E-state index in [-0.39, 0.29) is 6.03 Å². The first-order valence-corrected chi connectivity index (χ1v) is 7.34. The molecule has 20 heavy (non-hydrogen) atoms. The number of rotatable bonds is 4. The van der Waals surface area contributed by atoms with Crippen LogP contribution in [0.2, 0.25) is 0 Å². The molecule has 1 aliphatic heterocycles. The average Bonchev–Trinajstić information content (AvgIpc) is 3.15. The van der Waals surface area contributed by atoms with Crippen LogP contribution in [-0.4, -0.2) is 44.5 Å². The van der Waals surface area contributed by atoms with E-state index in [2.05, 4.69) is 17.3 Å². The molecule has 0 bridgehead atoms. The van der Waals surface area contributed by atoms with Crippen molar-refractivity contribution in [1.82, 2.24) is 14.7 Å². The van der Waals surface area contributed by atoms with Gasteiger partial charge >= 0.3 is 6.03 Å². The van der Waals surface area contributed by atoms with E-state index in [1.807, 2.05) is 17.7 Å². The fraction of sp³-hybridized carbons (Fsp3) is 0.714. The second-order valence-electron chi connectivity index (χ2n) is 6.10. The minimum atomic E-state index is -0.696. The predicted molar refractivity (Wildman–Crippen MR) is 75.5 cm³/mol. The molecule has 110 valence electrons. The van der Waals surface area contributed by atoms with Crippen molar-refractivity contribution in [2.75, 3.05) is 18.4 Å². The van der Waals surface area contributed by atoms with Crippen molar-refractivity contribution < 1.29 is 9.90 Å². The normalized spacial score (nSPS) is 22.2. The highest BCUT2D eigenvalue weighted by Crippen LogP contribution is 2.40. The monoisotopic (exact) mass is 278 g/mol. The minimum Gasteiger partial charge on any atom is -0.386 e. The summed E-state index contributed by atoms with van der Waals surface area (Å²) in [7, 11) is 0. The lowest BCUT2D eigenvalue weighted by atomic mass is 9.92. The SMILES string of the molecule is CCC1(O)CN(C(=O)Nc2ccnn2C(C)C2CC2)C1. The maximum atomic E-state index is 12.1. The molecule has 2 aliphatic rings. The van der Waals surface area contributed by atoms with Crippen molar-refractivity contribution >= 4 is 11.8 Å². The van der Waals surface area contributed by atoms with Crippen LogP contribution in [0.15, 0.2) is 12.3 Å². The summed E-state index contributed by atoms with van der Waals surface area (Å²) in [5, 5.41) is 17.2. The quantitative estimate of drug-likeness (QED) is 0.883. The van der Waals surface area contributed by atoms with Crippen LogP contribution in [-0.2, 0) is 0 Å². The van der Waals surface area contributed by atoms with Gasteiger partial charge in [0.1, 0.15) is 5.82 Å². The number of anilines is 1. The lowest BCUT2D eigenvalue weighted by Crippen LogP contribution is -2.64. The second kappa shape index (κ2) is 4.77. The highest BCUT2D eigenvalue weighted by atomic mass is 16.3. The van der Waals surface area contributed by atoms with Crippen molar-refractivity contribution in [3.05, 3.63) is 12.3 Å². The average molecular weight is 278 g/mol. The Labute approximate surface area is 118 Å². The van der Waals surface area contributed by atoms with Crippen molar-refractivity contribution in [3.63, 3.8) is 0 Å². The van der Waals surface area contributed by atoms with Gasteiger partial charge in [0.25, 0.3) is 0 Å². The molecular formula is C14H22N4O2. The van der Waals surface area contributed by atoms with Crippen molar-refractivity contribution in [1.29, 1.82) is 0 Å². The van der Waals surface area contributed by atoms with Gasteiger partial charge in [-0.2, -0.15) is 5.10 Å². The number of urea groups is 1.